The molecule has 37 heavy (non-hydrogen) atoms. The molecule has 6 rings (SSSR count). The lowest BCUT2D eigenvalue weighted by Gasteiger charge is -2.32. The molecule has 0 spiro atoms. The first-order valence-electron chi connectivity index (χ1n) is 13.0. The van der Waals surface area contributed by atoms with Gasteiger partial charge in [-0.2, -0.15) is 0 Å². The number of rotatable bonds is 6. The Kier molecular flexibility index (Phi) is 6.46. The Morgan fingerprint density at radius 3 is 2.41 bits per heavy atom. The second-order valence-corrected chi connectivity index (χ2v) is 10.1. The first-order valence-corrected chi connectivity index (χ1v) is 13.0. The second-order valence-electron chi connectivity index (χ2n) is 10.1. The number of aryl methyl sites for hydroxylation is 1. The first kappa shape index (κ1) is 23.4. The van der Waals surface area contributed by atoms with E-state index in [4.69, 9.17) is 4.74 Å². The molecule has 0 radical (unpaired) electrons. The van der Waals surface area contributed by atoms with Crippen LogP contribution in [0, 0.1) is 6.92 Å². The van der Waals surface area contributed by atoms with Gasteiger partial charge in [0.05, 0.1) is 7.11 Å². The molecule has 0 saturated carbocycles. The summed E-state index contributed by atoms with van der Waals surface area (Å²) >= 11 is 0. The Bertz CT molecular complexity index is 1540. The summed E-state index contributed by atoms with van der Waals surface area (Å²) in [6.45, 7) is 5.20. The number of hydrogen-bond acceptors (Lipinski definition) is 5. The number of anilines is 1. The van der Waals surface area contributed by atoms with Crippen LogP contribution in [0.15, 0.2) is 84.9 Å². The van der Waals surface area contributed by atoms with Crippen molar-refractivity contribution < 1.29 is 4.74 Å². The Balaban J connectivity index is 1.18. The standard InChI is InChI=1S/C32H32N4O/c1-22-7-10-25(11-8-22)31-29-14-13-28(37-2)20-30(29)32(35-34-31)33-27-15-17-36(18-16-27)21-23-9-12-24-5-3-4-6-26(24)19-23/h3-14,19-20,27H,15-18,21H2,1-2H3,(H,33,35). The van der Waals surface area contributed by atoms with Crippen LogP contribution in [-0.4, -0.2) is 41.3 Å². The molecule has 5 nitrogen and oxygen atoms in total. The third-order valence-electron chi connectivity index (χ3n) is 7.46. The molecule has 186 valence electrons. The molecule has 0 bridgehead atoms. The molecule has 0 unspecified atom stereocenters. The maximum atomic E-state index is 5.54. The molecular weight excluding hydrogens is 456 g/mol. The number of piperidine rings is 1. The highest BCUT2D eigenvalue weighted by Crippen LogP contribution is 2.33. The fourth-order valence-corrected chi connectivity index (χ4v) is 5.32. The molecule has 0 aliphatic carbocycles. The molecule has 1 aromatic heterocycles. The zero-order valence-electron chi connectivity index (χ0n) is 21.4. The fraction of sp³-hybridized carbons (Fsp3) is 0.250. The van der Waals surface area contributed by atoms with Crippen molar-refractivity contribution in [2.24, 2.45) is 0 Å². The molecule has 1 aliphatic rings. The normalized spacial score (nSPS) is 14.8. The minimum atomic E-state index is 0.363. The van der Waals surface area contributed by atoms with E-state index in [1.165, 1.54) is 21.9 Å². The number of hydrogen-bond donors (Lipinski definition) is 1. The predicted octanol–water partition coefficient (Wildman–Crippen LogP) is 6.84. The van der Waals surface area contributed by atoms with Crippen LogP contribution in [0.4, 0.5) is 5.82 Å². The van der Waals surface area contributed by atoms with Crippen molar-refractivity contribution in [3.8, 4) is 17.0 Å². The Morgan fingerprint density at radius 2 is 1.62 bits per heavy atom. The van der Waals surface area contributed by atoms with E-state index >= 15 is 0 Å². The highest BCUT2D eigenvalue weighted by Gasteiger charge is 2.21. The van der Waals surface area contributed by atoms with E-state index in [9.17, 15) is 0 Å². The quantitative estimate of drug-likeness (QED) is 0.283. The van der Waals surface area contributed by atoms with E-state index in [0.29, 0.717) is 6.04 Å². The highest BCUT2D eigenvalue weighted by molar-refractivity contribution is 6.00. The van der Waals surface area contributed by atoms with E-state index in [1.54, 1.807) is 7.11 Å². The minimum absolute atomic E-state index is 0.363. The zero-order valence-corrected chi connectivity index (χ0v) is 21.4. The molecule has 0 amide bonds. The second kappa shape index (κ2) is 10.2. The van der Waals surface area contributed by atoms with Crippen molar-refractivity contribution >= 4 is 27.4 Å². The Morgan fingerprint density at radius 1 is 0.838 bits per heavy atom. The molecule has 2 heterocycles. The SMILES string of the molecule is COc1ccc2c(-c3ccc(C)cc3)nnc(NC3CCN(Cc4ccc5ccccc5c4)CC3)c2c1. The van der Waals surface area contributed by atoms with Crippen molar-refractivity contribution in [1.29, 1.82) is 0 Å². The molecule has 0 atom stereocenters. The van der Waals surface area contributed by atoms with Gasteiger partial charge in [-0.3, -0.25) is 4.90 Å². The number of fused-ring (bicyclic) bond motifs is 2. The summed E-state index contributed by atoms with van der Waals surface area (Å²) in [5, 5.41) is 17.8. The third-order valence-corrected chi connectivity index (χ3v) is 7.46. The summed E-state index contributed by atoms with van der Waals surface area (Å²) < 4.78 is 5.54. The summed E-state index contributed by atoms with van der Waals surface area (Å²) in [6.07, 6.45) is 2.14. The molecule has 1 fully saturated rings. The Labute approximate surface area is 218 Å². The number of methoxy groups -OCH3 is 1. The van der Waals surface area contributed by atoms with Gasteiger partial charge < -0.3 is 10.1 Å². The van der Waals surface area contributed by atoms with Crippen LogP contribution in [0.1, 0.15) is 24.0 Å². The van der Waals surface area contributed by atoms with Crippen molar-refractivity contribution in [1.82, 2.24) is 15.1 Å². The van der Waals surface area contributed by atoms with Gasteiger partial charge in [-0.1, -0.05) is 66.2 Å². The topological polar surface area (TPSA) is 50.3 Å². The lowest BCUT2D eigenvalue weighted by molar-refractivity contribution is 0.211. The summed E-state index contributed by atoms with van der Waals surface area (Å²) in [5.41, 5.74) is 4.57. The van der Waals surface area contributed by atoms with Gasteiger partial charge in [0.2, 0.25) is 0 Å². The monoisotopic (exact) mass is 488 g/mol. The van der Waals surface area contributed by atoms with Gasteiger partial charge >= 0.3 is 0 Å². The van der Waals surface area contributed by atoms with Crippen LogP contribution < -0.4 is 10.1 Å². The summed E-state index contributed by atoms with van der Waals surface area (Å²) in [4.78, 5) is 2.55. The largest absolute Gasteiger partial charge is 0.497 e. The van der Waals surface area contributed by atoms with E-state index in [0.717, 1.165) is 66.1 Å². The molecule has 5 heteroatoms. The van der Waals surface area contributed by atoms with E-state index in [-0.39, 0.29) is 0 Å². The minimum Gasteiger partial charge on any atom is -0.497 e. The molecule has 1 aliphatic heterocycles. The average Bonchev–Trinajstić information content (AvgIpc) is 2.94. The molecule has 4 aromatic carbocycles. The van der Waals surface area contributed by atoms with Crippen LogP contribution in [0.5, 0.6) is 5.75 Å². The van der Waals surface area contributed by atoms with Crippen LogP contribution in [0.3, 0.4) is 0 Å². The van der Waals surface area contributed by atoms with Gasteiger partial charge in [0.15, 0.2) is 5.82 Å². The number of ether oxygens (including phenoxy) is 1. The molecule has 1 N–H and O–H groups in total. The molecule has 5 aromatic rings. The third kappa shape index (κ3) is 5.00. The average molecular weight is 489 g/mol. The van der Waals surface area contributed by atoms with Gasteiger partial charge in [-0.25, -0.2) is 0 Å². The smallest absolute Gasteiger partial charge is 0.156 e. The first-order chi connectivity index (χ1) is 18.2. The van der Waals surface area contributed by atoms with E-state index < -0.39 is 0 Å². The lowest BCUT2D eigenvalue weighted by atomic mass is 10.0. The van der Waals surface area contributed by atoms with Crippen LogP contribution in [-0.2, 0) is 6.54 Å². The number of aromatic nitrogens is 2. The summed E-state index contributed by atoms with van der Waals surface area (Å²) in [5.74, 6) is 1.65. The number of likely N-dealkylation sites (tertiary alicyclic amines) is 1. The lowest BCUT2D eigenvalue weighted by Crippen LogP contribution is -2.38. The maximum Gasteiger partial charge on any atom is 0.156 e. The fourth-order valence-electron chi connectivity index (χ4n) is 5.32. The maximum absolute atomic E-state index is 5.54. The van der Waals surface area contributed by atoms with Gasteiger partial charge in [0, 0.05) is 42.0 Å². The predicted molar refractivity (Wildman–Crippen MR) is 152 cm³/mol. The van der Waals surface area contributed by atoms with Crippen molar-refractivity contribution in [2.75, 3.05) is 25.5 Å². The van der Waals surface area contributed by atoms with Crippen molar-refractivity contribution in [3.05, 3.63) is 96.1 Å². The number of nitrogens with one attached hydrogen (secondary N) is 1. The van der Waals surface area contributed by atoms with Gasteiger partial charge in [-0.15, -0.1) is 10.2 Å². The summed E-state index contributed by atoms with van der Waals surface area (Å²) in [7, 11) is 1.70. The van der Waals surface area contributed by atoms with Gasteiger partial charge in [0.25, 0.3) is 0 Å². The van der Waals surface area contributed by atoms with Crippen LogP contribution >= 0.6 is 0 Å². The van der Waals surface area contributed by atoms with E-state index in [2.05, 4.69) is 106 Å². The van der Waals surface area contributed by atoms with Gasteiger partial charge in [0.1, 0.15) is 11.4 Å². The summed E-state index contributed by atoms with van der Waals surface area (Å²) in [6, 6.07) is 30.4. The zero-order chi connectivity index (χ0) is 25.2. The van der Waals surface area contributed by atoms with Crippen molar-refractivity contribution in [2.45, 2.75) is 32.4 Å². The molecule has 1 saturated heterocycles. The van der Waals surface area contributed by atoms with Crippen molar-refractivity contribution in [3.63, 3.8) is 0 Å². The number of nitrogens with zero attached hydrogens (tertiary/aromatic N) is 3. The van der Waals surface area contributed by atoms with E-state index in [1.807, 2.05) is 6.07 Å². The van der Waals surface area contributed by atoms with Crippen LogP contribution in [0.2, 0.25) is 0 Å². The molecular formula is C32H32N4O. The Hall–Kier alpha value is -3.96. The number of benzene rings is 4. The van der Waals surface area contributed by atoms with Gasteiger partial charge in [-0.05, 0) is 60.4 Å². The highest BCUT2D eigenvalue weighted by atomic mass is 16.5. The van der Waals surface area contributed by atoms with Crippen LogP contribution in [0.25, 0.3) is 32.8 Å².